The van der Waals surface area contributed by atoms with Crippen LogP contribution in [0, 0.1) is 5.92 Å². The summed E-state index contributed by atoms with van der Waals surface area (Å²) in [6, 6.07) is 0. The highest BCUT2D eigenvalue weighted by atomic mass is 16.3. The lowest BCUT2D eigenvalue weighted by atomic mass is 9.85. The third-order valence-corrected chi connectivity index (χ3v) is 3.40. The van der Waals surface area contributed by atoms with E-state index in [2.05, 4.69) is 10.6 Å². The third kappa shape index (κ3) is 2.92. The third-order valence-electron chi connectivity index (χ3n) is 3.40. The summed E-state index contributed by atoms with van der Waals surface area (Å²) in [4.78, 5) is 11.8. The Morgan fingerprint density at radius 2 is 2.00 bits per heavy atom. The Labute approximate surface area is 91.4 Å². The lowest BCUT2D eigenvalue weighted by Gasteiger charge is -2.38. The zero-order chi connectivity index (χ0) is 11.7. The zero-order valence-corrected chi connectivity index (χ0v) is 10.1. The summed E-state index contributed by atoms with van der Waals surface area (Å²) >= 11 is 0. The van der Waals surface area contributed by atoms with Gasteiger partial charge in [-0.3, -0.25) is 4.79 Å². The van der Waals surface area contributed by atoms with E-state index in [4.69, 9.17) is 0 Å². The minimum absolute atomic E-state index is 0.0344. The summed E-state index contributed by atoms with van der Waals surface area (Å²) in [6.45, 7) is 8.75. The molecule has 1 amide bonds. The number of hydrogen-bond acceptors (Lipinski definition) is 3. The largest absolute Gasteiger partial charge is 0.388 e. The van der Waals surface area contributed by atoms with Gasteiger partial charge in [0.15, 0.2) is 0 Å². The maximum atomic E-state index is 11.8. The monoisotopic (exact) mass is 214 g/mol. The smallest absolute Gasteiger partial charge is 0.224 e. The van der Waals surface area contributed by atoms with E-state index < -0.39 is 11.1 Å². The molecule has 1 fully saturated rings. The van der Waals surface area contributed by atoms with Crippen molar-refractivity contribution in [1.29, 1.82) is 0 Å². The molecule has 0 saturated carbocycles. The van der Waals surface area contributed by atoms with Crippen molar-refractivity contribution in [3.05, 3.63) is 0 Å². The summed E-state index contributed by atoms with van der Waals surface area (Å²) in [5.74, 6) is 0.0822. The van der Waals surface area contributed by atoms with Gasteiger partial charge >= 0.3 is 0 Å². The Kier molecular flexibility index (Phi) is 3.41. The van der Waals surface area contributed by atoms with E-state index in [1.807, 2.05) is 13.8 Å². The van der Waals surface area contributed by atoms with E-state index in [9.17, 15) is 9.90 Å². The highest BCUT2D eigenvalue weighted by Gasteiger charge is 2.38. The van der Waals surface area contributed by atoms with Crippen molar-refractivity contribution < 1.29 is 9.90 Å². The molecule has 1 aliphatic rings. The van der Waals surface area contributed by atoms with Gasteiger partial charge in [-0.2, -0.15) is 0 Å². The molecule has 3 N–H and O–H groups in total. The average molecular weight is 214 g/mol. The second kappa shape index (κ2) is 4.10. The van der Waals surface area contributed by atoms with Crippen molar-refractivity contribution in [3.63, 3.8) is 0 Å². The first-order chi connectivity index (χ1) is 6.74. The van der Waals surface area contributed by atoms with Gasteiger partial charge in [0.2, 0.25) is 5.91 Å². The molecule has 1 atom stereocenters. The summed E-state index contributed by atoms with van der Waals surface area (Å²) in [5, 5.41) is 16.0. The normalized spacial score (nSPS) is 22.9. The van der Waals surface area contributed by atoms with Crippen LogP contribution in [-0.4, -0.2) is 35.2 Å². The second-order valence-electron chi connectivity index (χ2n) is 5.36. The Balaban J connectivity index is 2.57. The molecular formula is C11H22N2O2. The van der Waals surface area contributed by atoms with Crippen LogP contribution in [0.5, 0.6) is 0 Å². The lowest BCUT2D eigenvalue weighted by Crippen LogP contribution is -2.59. The molecule has 0 aromatic carbocycles. The molecule has 0 aliphatic carbocycles. The summed E-state index contributed by atoms with van der Waals surface area (Å²) in [5.41, 5.74) is -1.53. The average Bonchev–Trinajstić information content (AvgIpc) is 2.51. The van der Waals surface area contributed by atoms with Crippen molar-refractivity contribution in [2.75, 3.05) is 13.1 Å². The first-order valence-electron chi connectivity index (χ1n) is 5.49. The first-order valence-corrected chi connectivity index (χ1v) is 5.49. The summed E-state index contributed by atoms with van der Waals surface area (Å²) < 4.78 is 0. The fraction of sp³-hybridized carbons (Fsp3) is 0.909. The topological polar surface area (TPSA) is 61.4 Å². The van der Waals surface area contributed by atoms with Crippen molar-refractivity contribution in [2.45, 2.75) is 45.3 Å². The maximum absolute atomic E-state index is 11.8. The molecule has 1 saturated heterocycles. The Hall–Kier alpha value is -0.610. The Morgan fingerprint density at radius 3 is 2.40 bits per heavy atom. The predicted molar refractivity (Wildman–Crippen MR) is 59.5 cm³/mol. The van der Waals surface area contributed by atoms with Crippen LogP contribution >= 0.6 is 0 Å². The van der Waals surface area contributed by atoms with E-state index in [0.29, 0.717) is 0 Å². The van der Waals surface area contributed by atoms with Crippen LogP contribution in [-0.2, 0) is 4.79 Å². The first kappa shape index (κ1) is 12.5. The predicted octanol–water partition coefficient (Wildman–Crippen LogP) is 0.262. The number of nitrogens with one attached hydrogen (secondary N) is 2. The fourth-order valence-corrected chi connectivity index (χ4v) is 1.44. The van der Waals surface area contributed by atoms with Gasteiger partial charge in [0.25, 0.3) is 0 Å². The quantitative estimate of drug-likeness (QED) is 0.631. The number of carbonyl (C=O) groups is 1. The number of rotatable bonds is 3. The standard InChI is InChI=1S/C11H22N2O2/c1-10(2,11(3,4)15)13-9(14)8-5-6-12-7-8/h8,12,15H,5-7H2,1-4H3,(H,13,14). The molecule has 4 nitrogen and oxygen atoms in total. The molecule has 0 aromatic rings. The van der Waals surface area contributed by atoms with Crippen LogP contribution in [0.2, 0.25) is 0 Å². The molecule has 1 unspecified atom stereocenters. The molecule has 4 heteroatoms. The molecule has 1 rings (SSSR count). The molecule has 0 spiro atoms. The second-order valence-corrected chi connectivity index (χ2v) is 5.36. The van der Waals surface area contributed by atoms with Crippen LogP contribution in [0.15, 0.2) is 0 Å². The molecule has 88 valence electrons. The molecular weight excluding hydrogens is 192 g/mol. The van der Waals surface area contributed by atoms with E-state index in [0.717, 1.165) is 19.5 Å². The molecule has 15 heavy (non-hydrogen) atoms. The SMILES string of the molecule is CC(C)(O)C(C)(C)NC(=O)C1CCNC1. The summed E-state index contributed by atoms with van der Waals surface area (Å²) in [6.07, 6.45) is 0.883. The van der Waals surface area contributed by atoms with Gasteiger partial charge in [-0.05, 0) is 40.7 Å². The van der Waals surface area contributed by atoms with E-state index >= 15 is 0 Å². The van der Waals surface area contributed by atoms with E-state index in [1.165, 1.54) is 0 Å². The lowest BCUT2D eigenvalue weighted by molar-refractivity contribution is -0.129. The fourth-order valence-electron chi connectivity index (χ4n) is 1.44. The van der Waals surface area contributed by atoms with Crippen LogP contribution in [0.1, 0.15) is 34.1 Å². The van der Waals surface area contributed by atoms with Crippen molar-refractivity contribution in [2.24, 2.45) is 5.92 Å². The van der Waals surface area contributed by atoms with Crippen molar-refractivity contribution in [1.82, 2.24) is 10.6 Å². The van der Waals surface area contributed by atoms with Crippen LogP contribution in [0.3, 0.4) is 0 Å². The van der Waals surface area contributed by atoms with Gasteiger partial charge < -0.3 is 15.7 Å². The molecule has 1 heterocycles. The number of amides is 1. The Bertz CT molecular complexity index is 237. The summed E-state index contributed by atoms with van der Waals surface area (Å²) in [7, 11) is 0. The zero-order valence-electron chi connectivity index (χ0n) is 10.1. The Morgan fingerprint density at radius 1 is 1.40 bits per heavy atom. The van der Waals surface area contributed by atoms with E-state index in [1.54, 1.807) is 13.8 Å². The van der Waals surface area contributed by atoms with Crippen molar-refractivity contribution >= 4 is 5.91 Å². The van der Waals surface area contributed by atoms with Crippen LogP contribution < -0.4 is 10.6 Å². The maximum Gasteiger partial charge on any atom is 0.224 e. The van der Waals surface area contributed by atoms with Gasteiger partial charge in [-0.1, -0.05) is 0 Å². The van der Waals surface area contributed by atoms with Crippen LogP contribution in [0.4, 0.5) is 0 Å². The van der Waals surface area contributed by atoms with Gasteiger partial charge in [0, 0.05) is 6.54 Å². The van der Waals surface area contributed by atoms with Gasteiger partial charge in [0.05, 0.1) is 17.1 Å². The number of aliphatic hydroxyl groups is 1. The number of carbonyl (C=O) groups excluding carboxylic acids is 1. The van der Waals surface area contributed by atoms with E-state index in [-0.39, 0.29) is 11.8 Å². The molecule has 0 bridgehead atoms. The molecule has 0 radical (unpaired) electrons. The number of hydrogen-bond donors (Lipinski definition) is 3. The highest BCUT2D eigenvalue weighted by Crippen LogP contribution is 2.21. The van der Waals surface area contributed by atoms with Gasteiger partial charge in [0.1, 0.15) is 0 Å². The van der Waals surface area contributed by atoms with Gasteiger partial charge in [-0.15, -0.1) is 0 Å². The molecule has 0 aromatic heterocycles. The minimum Gasteiger partial charge on any atom is -0.388 e. The van der Waals surface area contributed by atoms with Crippen molar-refractivity contribution in [3.8, 4) is 0 Å². The minimum atomic E-state index is -0.922. The highest BCUT2D eigenvalue weighted by molar-refractivity contribution is 5.80. The van der Waals surface area contributed by atoms with Gasteiger partial charge in [-0.25, -0.2) is 0 Å². The molecule has 1 aliphatic heterocycles. The van der Waals surface area contributed by atoms with Crippen LogP contribution in [0.25, 0.3) is 0 Å².